The molecule has 60 valence electrons. The van der Waals surface area contributed by atoms with Crippen LogP contribution in [0.3, 0.4) is 0 Å². The third kappa shape index (κ3) is 2.94. The lowest BCUT2D eigenvalue weighted by molar-refractivity contribution is -0.121. The molecule has 0 saturated carbocycles. The van der Waals surface area contributed by atoms with Crippen LogP contribution < -0.4 is 0 Å². The van der Waals surface area contributed by atoms with Crippen LogP contribution in [0.25, 0.3) is 0 Å². The Morgan fingerprint density at radius 2 is 2.20 bits per heavy atom. The van der Waals surface area contributed by atoms with Crippen LogP contribution in [0.5, 0.6) is 0 Å². The monoisotopic (exact) mass is 145 g/mol. The van der Waals surface area contributed by atoms with Gasteiger partial charge in [0.1, 0.15) is 5.78 Å². The molecule has 1 atom stereocenters. The summed E-state index contributed by atoms with van der Waals surface area (Å²) in [6.07, 6.45) is 0. The van der Waals surface area contributed by atoms with Gasteiger partial charge < -0.3 is 5.11 Å². The Labute approximate surface area is 61.6 Å². The maximum Gasteiger partial charge on any atom is 0.146 e. The van der Waals surface area contributed by atoms with E-state index in [1.54, 1.807) is 6.92 Å². The molecule has 0 spiro atoms. The van der Waals surface area contributed by atoms with Crippen molar-refractivity contribution in [3.05, 3.63) is 0 Å². The molecule has 1 N–H and O–H groups in total. The van der Waals surface area contributed by atoms with Gasteiger partial charge in [0.15, 0.2) is 0 Å². The number of carbonyl (C=O) groups excluding carboxylic acids is 1. The van der Waals surface area contributed by atoms with Crippen LogP contribution in [0.15, 0.2) is 0 Å². The first-order chi connectivity index (χ1) is 4.59. The van der Waals surface area contributed by atoms with Crippen molar-refractivity contribution < 1.29 is 9.90 Å². The summed E-state index contributed by atoms with van der Waals surface area (Å²) in [5, 5.41) is 8.51. The Hall–Kier alpha value is -0.410. The number of likely N-dealkylation sites (N-methyl/N-ethyl adjacent to an activating group) is 1. The molecule has 0 aromatic heterocycles. The zero-order valence-corrected chi connectivity index (χ0v) is 6.79. The fourth-order valence-corrected chi connectivity index (χ4v) is 0.662. The molecule has 0 bridgehead atoms. The first kappa shape index (κ1) is 9.59. The summed E-state index contributed by atoms with van der Waals surface area (Å²) in [6.45, 7) is 4.05. The van der Waals surface area contributed by atoms with Gasteiger partial charge in [0.05, 0.1) is 12.6 Å². The molecule has 0 heterocycles. The first-order valence-electron chi connectivity index (χ1n) is 3.41. The number of nitrogens with zero attached hydrogens (tertiary/aromatic N) is 1. The smallest absolute Gasteiger partial charge is 0.146 e. The highest BCUT2D eigenvalue weighted by Crippen LogP contribution is 1.94. The van der Waals surface area contributed by atoms with Gasteiger partial charge in [0.2, 0.25) is 0 Å². The molecule has 0 aromatic carbocycles. The average molecular weight is 145 g/mol. The molecule has 0 aromatic rings. The highest BCUT2D eigenvalue weighted by Gasteiger charge is 2.11. The van der Waals surface area contributed by atoms with Crippen LogP contribution in [-0.2, 0) is 4.79 Å². The fraction of sp³-hybridized carbons (Fsp3) is 0.857. The summed E-state index contributed by atoms with van der Waals surface area (Å²) in [5.74, 6) is 0.135. The highest BCUT2D eigenvalue weighted by molar-refractivity contribution is 5.80. The number of Topliss-reactive ketones (excluding diaryl/α,β-unsaturated/α-hetero) is 1. The van der Waals surface area contributed by atoms with E-state index < -0.39 is 0 Å². The van der Waals surface area contributed by atoms with Crippen molar-refractivity contribution in [2.75, 3.05) is 20.2 Å². The second-order valence-electron chi connectivity index (χ2n) is 2.49. The van der Waals surface area contributed by atoms with Gasteiger partial charge >= 0.3 is 0 Å². The molecule has 10 heavy (non-hydrogen) atoms. The minimum Gasteiger partial charge on any atom is -0.395 e. The van der Waals surface area contributed by atoms with Crippen molar-refractivity contribution in [2.24, 2.45) is 0 Å². The summed E-state index contributed by atoms with van der Waals surface area (Å²) in [4.78, 5) is 12.6. The van der Waals surface area contributed by atoms with Crippen molar-refractivity contribution in [2.45, 2.75) is 19.9 Å². The summed E-state index contributed by atoms with van der Waals surface area (Å²) < 4.78 is 0. The minimum absolute atomic E-state index is 0.0767. The van der Waals surface area contributed by atoms with Crippen LogP contribution in [0.4, 0.5) is 0 Å². The Morgan fingerprint density at radius 3 is 2.50 bits per heavy atom. The average Bonchev–Trinajstić information content (AvgIpc) is 1.87. The summed E-state index contributed by atoms with van der Waals surface area (Å²) in [6, 6.07) is -0.0767. The van der Waals surface area contributed by atoms with E-state index in [0.717, 1.165) is 0 Å². The first-order valence-corrected chi connectivity index (χ1v) is 3.41. The molecule has 0 radical (unpaired) electrons. The van der Waals surface area contributed by atoms with E-state index in [9.17, 15) is 4.79 Å². The third-order valence-electron chi connectivity index (χ3n) is 1.70. The molecular weight excluding hydrogens is 130 g/mol. The van der Waals surface area contributed by atoms with E-state index >= 15 is 0 Å². The maximum atomic E-state index is 10.7. The Bertz CT molecular complexity index is 114. The lowest BCUT2D eigenvalue weighted by atomic mass is 10.2. The minimum atomic E-state index is -0.0767. The van der Waals surface area contributed by atoms with Gasteiger partial charge in [-0.1, -0.05) is 0 Å². The molecular formula is C7H15NO2. The van der Waals surface area contributed by atoms with Crippen LogP contribution in [0.2, 0.25) is 0 Å². The number of carbonyl (C=O) groups is 1. The SMILES string of the molecule is CC(=O)C(C)N(C)CCO. The second-order valence-corrected chi connectivity index (χ2v) is 2.49. The van der Waals surface area contributed by atoms with Gasteiger partial charge in [-0.2, -0.15) is 0 Å². The molecule has 3 heteroatoms. The Kier molecular flexibility index (Phi) is 4.23. The predicted octanol–water partition coefficient (Wildman–Crippen LogP) is -0.112. The number of ketones is 1. The molecule has 0 saturated heterocycles. The molecule has 0 aliphatic carbocycles. The quantitative estimate of drug-likeness (QED) is 0.600. The van der Waals surface area contributed by atoms with Crippen molar-refractivity contribution >= 4 is 5.78 Å². The van der Waals surface area contributed by atoms with Crippen LogP contribution in [0, 0.1) is 0 Å². The zero-order chi connectivity index (χ0) is 8.15. The topological polar surface area (TPSA) is 40.5 Å². The van der Waals surface area contributed by atoms with Gasteiger partial charge in [0, 0.05) is 6.54 Å². The fourth-order valence-electron chi connectivity index (χ4n) is 0.662. The molecule has 0 rings (SSSR count). The van der Waals surface area contributed by atoms with Crippen molar-refractivity contribution in [1.29, 1.82) is 0 Å². The molecule has 1 unspecified atom stereocenters. The number of hydrogen-bond acceptors (Lipinski definition) is 3. The van der Waals surface area contributed by atoms with Crippen molar-refractivity contribution in [1.82, 2.24) is 4.90 Å². The molecule has 0 amide bonds. The van der Waals surface area contributed by atoms with E-state index in [1.807, 2.05) is 18.9 Å². The number of aliphatic hydroxyl groups excluding tert-OH is 1. The van der Waals surface area contributed by atoms with Gasteiger partial charge in [-0.05, 0) is 20.9 Å². The van der Waals surface area contributed by atoms with Crippen LogP contribution in [0.1, 0.15) is 13.8 Å². The van der Waals surface area contributed by atoms with E-state index in [4.69, 9.17) is 5.11 Å². The van der Waals surface area contributed by atoms with E-state index in [0.29, 0.717) is 6.54 Å². The summed E-state index contributed by atoms with van der Waals surface area (Å²) in [7, 11) is 1.82. The lowest BCUT2D eigenvalue weighted by Gasteiger charge is -2.20. The van der Waals surface area contributed by atoms with Gasteiger partial charge in [0.25, 0.3) is 0 Å². The zero-order valence-electron chi connectivity index (χ0n) is 6.79. The van der Waals surface area contributed by atoms with E-state index in [2.05, 4.69) is 0 Å². The highest BCUT2D eigenvalue weighted by atomic mass is 16.3. The number of rotatable bonds is 4. The maximum absolute atomic E-state index is 10.7. The van der Waals surface area contributed by atoms with Crippen molar-refractivity contribution in [3.8, 4) is 0 Å². The summed E-state index contributed by atoms with van der Waals surface area (Å²) in [5.41, 5.74) is 0. The number of hydrogen-bond donors (Lipinski definition) is 1. The van der Waals surface area contributed by atoms with Gasteiger partial charge in [-0.15, -0.1) is 0 Å². The Balaban J connectivity index is 3.69. The van der Waals surface area contributed by atoms with Gasteiger partial charge in [-0.3, -0.25) is 9.69 Å². The largest absolute Gasteiger partial charge is 0.395 e. The van der Waals surface area contributed by atoms with Crippen LogP contribution in [-0.4, -0.2) is 42.0 Å². The predicted molar refractivity (Wildman–Crippen MR) is 39.9 cm³/mol. The third-order valence-corrected chi connectivity index (χ3v) is 1.70. The van der Waals surface area contributed by atoms with E-state index in [-0.39, 0.29) is 18.4 Å². The second kappa shape index (κ2) is 4.41. The molecule has 0 aliphatic heterocycles. The standard InChI is InChI=1S/C7H15NO2/c1-6(7(2)10)8(3)4-5-9/h6,9H,4-5H2,1-3H3. The molecule has 0 aliphatic rings. The lowest BCUT2D eigenvalue weighted by Crippen LogP contribution is -2.36. The van der Waals surface area contributed by atoms with Crippen molar-refractivity contribution in [3.63, 3.8) is 0 Å². The van der Waals surface area contributed by atoms with Gasteiger partial charge in [-0.25, -0.2) is 0 Å². The molecule has 0 fully saturated rings. The van der Waals surface area contributed by atoms with E-state index in [1.165, 1.54) is 0 Å². The normalized spacial score (nSPS) is 13.7. The van der Waals surface area contributed by atoms with Crippen LogP contribution >= 0.6 is 0 Å². The summed E-state index contributed by atoms with van der Waals surface area (Å²) >= 11 is 0. The number of aliphatic hydroxyl groups is 1. The molecule has 3 nitrogen and oxygen atoms in total. The Morgan fingerprint density at radius 1 is 1.70 bits per heavy atom.